The lowest BCUT2D eigenvalue weighted by molar-refractivity contribution is 0.0394. The summed E-state index contributed by atoms with van der Waals surface area (Å²) in [6.45, 7) is 1.84. The Morgan fingerprint density at radius 3 is 2.38 bits per heavy atom. The number of rotatable bonds is 2. The van der Waals surface area contributed by atoms with Gasteiger partial charge in [0, 0.05) is 23.6 Å². The predicted octanol–water partition coefficient (Wildman–Crippen LogP) is 2.99. The number of fused-ring (bicyclic) bond motifs is 1. The Labute approximate surface area is 140 Å². The normalized spacial score (nSPS) is 23.0. The summed E-state index contributed by atoms with van der Waals surface area (Å²) in [5.74, 6) is -0.0985. The molecule has 0 saturated carbocycles. The summed E-state index contributed by atoms with van der Waals surface area (Å²) in [7, 11) is 0. The highest BCUT2D eigenvalue weighted by molar-refractivity contribution is 5.41. The molecule has 2 unspecified atom stereocenters. The number of nitrogens with zero attached hydrogens (tertiary/aromatic N) is 1. The first kappa shape index (κ1) is 15.0. The Balaban J connectivity index is 1.90. The Morgan fingerprint density at radius 1 is 1.08 bits per heavy atom. The van der Waals surface area contributed by atoms with Crippen molar-refractivity contribution in [2.75, 3.05) is 0 Å². The first-order valence-corrected chi connectivity index (χ1v) is 8.22. The standard InChI is InChI=1S/C20H20N2O2/c1-20(24)12-16(14-8-4-2-5-9-14)18-17(13-20)21-22(19(18)23)15-10-6-3-7-11-15/h2-11,16,21,24H,12-13H2,1H3. The predicted molar refractivity (Wildman–Crippen MR) is 93.6 cm³/mol. The second kappa shape index (κ2) is 5.49. The van der Waals surface area contributed by atoms with E-state index < -0.39 is 5.60 Å². The van der Waals surface area contributed by atoms with Crippen LogP contribution in [-0.4, -0.2) is 20.5 Å². The molecule has 0 bridgehead atoms. The number of hydrogen-bond acceptors (Lipinski definition) is 2. The van der Waals surface area contributed by atoms with E-state index in [1.807, 2.05) is 67.6 Å². The van der Waals surface area contributed by atoms with Gasteiger partial charge in [0.05, 0.1) is 11.3 Å². The number of para-hydroxylation sites is 1. The van der Waals surface area contributed by atoms with Crippen LogP contribution in [-0.2, 0) is 6.42 Å². The number of H-pyrrole nitrogens is 1. The molecule has 0 radical (unpaired) electrons. The van der Waals surface area contributed by atoms with Gasteiger partial charge in [-0.05, 0) is 31.0 Å². The van der Waals surface area contributed by atoms with Gasteiger partial charge in [-0.25, -0.2) is 4.68 Å². The highest BCUT2D eigenvalue weighted by atomic mass is 16.3. The molecular weight excluding hydrogens is 300 g/mol. The van der Waals surface area contributed by atoms with Crippen LogP contribution in [0.4, 0.5) is 0 Å². The summed E-state index contributed by atoms with van der Waals surface area (Å²) in [5.41, 5.74) is 2.61. The summed E-state index contributed by atoms with van der Waals surface area (Å²) in [5, 5.41) is 13.9. The molecule has 1 aliphatic rings. The van der Waals surface area contributed by atoms with E-state index in [0.717, 1.165) is 22.5 Å². The Hall–Kier alpha value is -2.59. The SMILES string of the molecule is CC1(O)Cc2[nH]n(-c3ccccc3)c(=O)c2C(c2ccccc2)C1. The van der Waals surface area contributed by atoms with Crippen molar-refractivity contribution in [3.05, 3.63) is 87.8 Å². The lowest BCUT2D eigenvalue weighted by atomic mass is 9.75. The summed E-state index contributed by atoms with van der Waals surface area (Å²) in [6.07, 6.45) is 1.01. The average Bonchev–Trinajstić information content (AvgIpc) is 2.91. The second-order valence-corrected chi connectivity index (χ2v) is 6.82. The van der Waals surface area contributed by atoms with E-state index in [1.54, 1.807) is 4.68 Å². The van der Waals surface area contributed by atoms with Gasteiger partial charge in [-0.15, -0.1) is 0 Å². The zero-order chi connectivity index (χ0) is 16.7. The van der Waals surface area contributed by atoms with Gasteiger partial charge in [-0.2, -0.15) is 0 Å². The number of aromatic nitrogens is 2. The van der Waals surface area contributed by atoms with Crippen molar-refractivity contribution in [2.45, 2.75) is 31.3 Å². The van der Waals surface area contributed by atoms with Crippen LogP contribution in [0.3, 0.4) is 0 Å². The van der Waals surface area contributed by atoms with E-state index >= 15 is 0 Å². The molecule has 0 spiro atoms. The van der Waals surface area contributed by atoms with Crippen LogP contribution in [0.25, 0.3) is 5.69 Å². The van der Waals surface area contributed by atoms with Gasteiger partial charge < -0.3 is 5.11 Å². The lowest BCUT2D eigenvalue weighted by Crippen LogP contribution is -2.36. The molecule has 0 amide bonds. The Morgan fingerprint density at radius 2 is 1.71 bits per heavy atom. The van der Waals surface area contributed by atoms with Crippen LogP contribution in [0.5, 0.6) is 0 Å². The number of hydrogen-bond donors (Lipinski definition) is 2. The quantitative estimate of drug-likeness (QED) is 0.762. The maximum atomic E-state index is 13.1. The smallest absolute Gasteiger partial charge is 0.275 e. The molecule has 0 saturated heterocycles. The molecule has 0 fully saturated rings. The molecule has 24 heavy (non-hydrogen) atoms. The van der Waals surface area contributed by atoms with Crippen molar-refractivity contribution in [3.63, 3.8) is 0 Å². The topological polar surface area (TPSA) is 58.0 Å². The summed E-state index contributed by atoms with van der Waals surface area (Å²) >= 11 is 0. The largest absolute Gasteiger partial charge is 0.390 e. The molecule has 4 heteroatoms. The number of nitrogens with one attached hydrogen (secondary N) is 1. The van der Waals surface area contributed by atoms with Crippen LogP contribution >= 0.6 is 0 Å². The number of aliphatic hydroxyl groups is 1. The second-order valence-electron chi connectivity index (χ2n) is 6.82. The minimum Gasteiger partial charge on any atom is -0.390 e. The summed E-state index contributed by atoms with van der Waals surface area (Å²) in [4.78, 5) is 13.1. The zero-order valence-electron chi connectivity index (χ0n) is 13.6. The molecular formula is C20H20N2O2. The molecule has 1 aliphatic carbocycles. The molecule has 3 aromatic rings. The monoisotopic (exact) mass is 320 g/mol. The molecule has 2 atom stereocenters. The van der Waals surface area contributed by atoms with Crippen molar-refractivity contribution in [1.29, 1.82) is 0 Å². The third-order valence-corrected chi connectivity index (χ3v) is 4.77. The van der Waals surface area contributed by atoms with Gasteiger partial charge >= 0.3 is 0 Å². The molecule has 2 N–H and O–H groups in total. The molecule has 1 aromatic heterocycles. The van der Waals surface area contributed by atoms with Crippen molar-refractivity contribution in [3.8, 4) is 5.69 Å². The highest BCUT2D eigenvalue weighted by Crippen LogP contribution is 2.39. The van der Waals surface area contributed by atoms with Crippen LogP contribution in [0.15, 0.2) is 65.5 Å². The molecule has 4 rings (SSSR count). The van der Waals surface area contributed by atoms with E-state index in [9.17, 15) is 9.90 Å². The van der Waals surface area contributed by atoms with Gasteiger partial charge in [-0.3, -0.25) is 9.89 Å². The molecule has 0 aliphatic heterocycles. The minimum absolute atomic E-state index is 0.0273. The first-order valence-electron chi connectivity index (χ1n) is 8.22. The fourth-order valence-electron chi connectivity index (χ4n) is 3.71. The Kier molecular flexibility index (Phi) is 3.43. The molecule has 2 aromatic carbocycles. The van der Waals surface area contributed by atoms with E-state index in [0.29, 0.717) is 12.8 Å². The van der Waals surface area contributed by atoms with Gasteiger partial charge in [0.1, 0.15) is 0 Å². The van der Waals surface area contributed by atoms with Crippen molar-refractivity contribution in [1.82, 2.24) is 9.78 Å². The molecule has 4 nitrogen and oxygen atoms in total. The van der Waals surface area contributed by atoms with Crippen LogP contribution in [0, 0.1) is 0 Å². The lowest BCUT2D eigenvalue weighted by Gasteiger charge is -2.33. The van der Waals surface area contributed by atoms with Crippen LogP contribution < -0.4 is 5.56 Å². The van der Waals surface area contributed by atoms with E-state index in [-0.39, 0.29) is 11.5 Å². The molecule has 122 valence electrons. The van der Waals surface area contributed by atoms with Crippen LogP contribution in [0.2, 0.25) is 0 Å². The Bertz CT molecular complexity index is 908. The fourth-order valence-corrected chi connectivity index (χ4v) is 3.71. The summed E-state index contributed by atoms with van der Waals surface area (Å²) in [6, 6.07) is 19.5. The van der Waals surface area contributed by atoms with E-state index in [1.165, 1.54) is 0 Å². The first-order chi connectivity index (χ1) is 11.6. The van der Waals surface area contributed by atoms with Crippen molar-refractivity contribution < 1.29 is 5.11 Å². The van der Waals surface area contributed by atoms with E-state index in [4.69, 9.17) is 0 Å². The van der Waals surface area contributed by atoms with Gasteiger partial charge in [0.2, 0.25) is 0 Å². The van der Waals surface area contributed by atoms with Gasteiger partial charge in [-0.1, -0.05) is 48.5 Å². The van der Waals surface area contributed by atoms with Crippen molar-refractivity contribution >= 4 is 0 Å². The third kappa shape index (κ3) is 2.49. The zero-order valence-corrected chi connectivity index (χ0v) is 13.6. The third-order valence-electron chi connectivity index (χ3n) is 4.77. The van der Waals surface area contributed by atoms with Gasteiger partial charge in [0.15, 0.2) is 0 Å². The van der Waals surface area contributed by atoms with Gasteiger partial charge in [0.25, 0.3) is 5.56 Å². The fraction of sp³-hybridized carbons (Fsp3) is 0.250. The van der Waals surface area contributed by atoms with E-state index in [2.05, 4.69) is 5.10 Å². The minimum atomic E-state index is -0.834. The van der Waals surface area contributed by atoms with Crippen LogP contribution in [0.1, 0.15) is 36.1 Å². The number of benzene rings is 2. The average molecular weight is 320 g/mol. The molecule has 1 heterocycles. The number of aromatic amines is 1. The highest BCUT2D eigenvalue weighted by Gasteiger charge is 2.38. The summed E-state index contributed by atoms with van der Waals surface area (Å²) < 4.78 is 1.59. The maximum absolute atomic E-state index is 13.1. The maximum Gasteiger partial charge on any atom is 0.275 e. The van der Waals surface area contributed by atoms with Crippen molar-refractivity contribution in [2.24, 2.45) is 0 Å².